The van der Waals surface area contributed by atoms with Crippen LogP contribution in [0.3, 0.4) is 0 Å². The van der Waals surface area contributed by atoms with E-state index in [1.807, 2.05) is 0 Å². The molecule has 2 heteroatoms. The Morgan fingerprint density at radius 3 is 2.80 bits per heavy atom. The smallest absolute Gasteiger partial charge is 0.0292 e. The maximum absolute atomic E-state index is 3.70. The molecule has 1 unspecified atom stereocenters. The number of aryl methyl sites for hydroxylation is 2. The molecular formula is C18H28N2. The van der Waals surface area contributed by atoms with E-state index in [-0.39, 0.29) is 0 Å². The average molecular weight is 272 g/mol. The van der Waals surface area contributed by atoms with E-state index in [4.69, 9.17) is 0 Å². The van der Waals surface area contributed by atoms with Gasteiger partial charge in [0.2, 0.25) is 0 Å². The van der Waals surface area contributed by atoms with Crippen LogP contribution in [0.4, 0.5) is 0 Å². The highest BCUT2D eigenvalue weighted by Gasteiger charge is 2.27. The molecule has 0 amide bonds. The van der Waals surface area contributed by atoms with Crippen LogP contribution in [0, 0.1) is 0 Å². The molecule has 0 aliphatic heterocycles. The first-order valence-electron chi connectivity index (χ1n) is 8.37. The summed E-state index contributed by atoms with van der Waals surface area (Å²) in [6.07, 6.45) is 6.72. The highest BCUT2D eigenvalue weighted by atomic mass is 15.2. The van der Waals surface area contributed by atoms with Gasteiger partial charge in [0, 0.05) is 25.2 Å². The van der Waals surface area contributed by atoms with E-state index in [2.05, 4.69) is 42.3 Å². The minimum atomic E-state index is 0.471. The van der Waals surface area contributed by atoms with Crippen LogP contribution >= 0.6 is 0 Å². The quantitative estimate of drug-likeness (QED) is 0.819. The van der Waals surface area contributed by atoms with E-state index in [1.165, 1.54) is 50.8 Å². The lowest BCUT2D eigenvalue weighted by Crippen LogP contribution is -2.34. The number of hydrogen-bond donors (Lipinski definition) is 1. The number of hydrogen-bond acceptors (Lipinski definition) is 2. The Kier molecular flexibility index (Phi) is 4.42. The van der Waals surface area contributed by atoms with Gasteiger partial charge in [-0.2, -0.15) is 0 Å². The Labute approximate surface area is 123 Å². The standard InChI is InChI=1S/C18H28N2/c1-3-20(18-9-10-18)12-11-19-14(2)16-8-7-15-5-4-6-17(15)13-16/h7-8,13-14,18-19H,3-6,9-12H2,1-2H3. The predicted octanol–water partition coefficient (Wildman–Crippen LogP) is 3.31. The van der Waals surface area contributed by atoms with Crippen molar-refractivity contribution in [1.29, 1.82) is 0 Å². The largest absolute Gasteiger partial charge is 0.309 e. The molecule has 0 aromatic heterocycles. The van der Waals surface area contributed by atoms with Gasteiger partial charge in [-0.05, 0) is 62.3 Å². The fourth-order valence-corrected chi connectivity index (χ4v) is 3.44. The van der Waals surface area contributed by atoms with Gasteiger partial charge < -0.3 is 5.32 Å². The van der Waals surface area contributed by atoms with Gasteiger partial charge in [0.1, 0.15) is 0 Å². The zero-order valence-corrected chi connectivity index (χ0v) is 13.0. The summed E-state index contributed by atoms with van der Waals surface area (Å²) in [6, 6.07) is 8.45. The number of nitrogens with zero attached hydrogens (tertiary/aromatic N) is 1. The van der Waals surface area contributed by atoms with Crippen LogP contribution in [0.1, 0.15) is 55.8 Å². The fourth-order valence-electron chi connectivity index (χ4n) is 3.44. The normalized spacial score (nSPS) is 19.4. The van der Waals surface area contributed by atoms with Crippen LogP contribution in [0.15, 0.2) is 18.2 Å². The molecule has 1 atom stereocenters. The molecule has 2 aliphatic rings. The summed E-state index contributed by atoms with van der Waals surface area (Å²) in [5, 5.41) is 3.70. The van der Waals surface area contributed by atoms with Crippen molar-refractivity contribution in [3.63, 3.8) is 0 Å². The van der Waals surface area contributed by atoms with Crippen molar-refractivity contribution < 1.29 is 0 Å². The van der Waals surface area contributed by atoms with Gasteiger partial charge in [0.05, 0.1) is 0 Å². The molecule has 0 radical (unpaired) electrons. The first-order chi connectivity index (χ1) is 9.78. The van der Waals surface area contributed by atoms with Crippen molar-refractivity contribution in [1.82, 2.24) is 10.2 Å². The first kappa shape index (κ1) is 14.1. The van der Waals surface area contributed by atoms with Crippen LogP contribution in [0.2, 0.25) is 0 Å². The predicted molar refractivity (Wildman–Crippen MR) is 85.2 cm³/mol. The van der Waals surface area contributed by atoms with E-state index in [0.717, 1.165) is 12.6 Å². The molecule has 0 saturated heterocycles. The molecule has 1 aromatic rings. The molecule has 0 heterocycles. The lowest BCUT2D eigenvalue weighted by molar-refractivity contribution is 0.273. The fraction of sp³-hybridized carbons (Fsp3) is 0.667. The summed E-state index contributed by atoms with van der Waals surface area (Å²) in [7, 11) is 0. The molecule has 3 rings (SSSR count). The number of rotatable bonds is 7. The van der Waals surface area contributed by atoms with Gasteiger partial charge in [0.25, 0.3) is 0 Å². The van der Waals surface area contributed by atoms with Crippen molar-refractivity contribution >= 4 is 0 Å². The monoisotopic (exact) mass is 272 g/mol. The summed E-state index contributed by atoms with van der Waals surface area (Å²) in [5.41, 5.74) is 4.62. The molecule has 2 nitrogen and oxygen atoms in total. The second-order valence-corrected chi connectivity index (χ2v) is 6.42. The Bertz CT molecular complexity index is 451. The number of fused-ring (bicyclic) bond motifs is 1. The lowest BCUT2D eigenvalue weighted by Gasteiger charge is -2.22. The topological polar surface area (TPSA) is 15.3 Å². The minimum Gasteiger partial charge on any atom is -0.309 e. The maximum atomic E-state index is 3.70. The highest BCUT2D eigenvalue weighted by molar-refractivity contribution is 5.36. The van der Waals surface area contributed by atoms with E-state index in [0.29, 0.717) is 6.04 Å². The van der Waals surface area contributed by atoms with Crippen molar-refractivity contribution in [2.45, 2.75) is 58.0 Å². The Morgan fingerprint density at radius 1 is 1.25 bits per heavy atom. The van der Waals surface area contributed by atoms with Crippen LogP contribution in [0.25, 0.3) is 0 Å². The third-order valence-corrected chi connectivity index (χ3v) is 4.94. The second kappa shape index (κ2) is 6.28. The van der Waals surface area contributed by atoms with E-state index < -0.39 is 0 Å². The molecule has 20 heavy (non-hydrogen) atoms. The van der Waals surface area contributed by atoms with Gasteiger partial charge in [-0.25, -0.2) is 0 Å². The van der Waals surface area contributed by atoms with E-state index in [9.17, 15) is 0 Å². The number of likely N-dealkylation sites (N-methyl/N-ethyl adjacent to an activating group) is 1. The average Bonchev–Trinajstić information content (AvgIpc) is 3.19. The summed E-state index contributed by atoms with van der Waals surface area (Å²) in [6.45, 7) is 8.06. The van der Waals surface area contributed by atoms with Gasteiger partial charge >= 0.3 is 0 Å². The van der Waals surface area contributed by atoms with Crippen molar-refractivity contribution in [3.8, 4) is 0 Å². The van der Waals surface area contributed by atoms with Crippen LogP contribution in [-0.2, 0) is 12.8 Å². The van der Waals surface area contributed by atoms with Crippen LogP contribution in [-0.4, -0.2) is 30.6 Å². The van der Waals surface area contributed by atoms with Gasteiger partial charge in [-0.3, -0.25) is 4.90 Å². The SMILES string of the molecule is CCN(CCNC(C)c1ccc2c(c1)CCC2)C1CC1. The van der Waals surface area contributed by atoms with Gasteiger partial charge in [0.15, 0.2) is 0 Å². The highest BCUT2D eigenvalue weighted by Crippen LogP contribution is 2.27. The number of benzene rings is 1. The van der Waals surface area contributed by atoms with E-state index >= 15 is 0 Å². The third kappa shape index (κ3) is 3.24. The van der Waals surface area contributed by atoms with Crippen molar-refractivity contribution in [3.05, 3.63) is 34.9 Å². The zero-order chi connectivity index (χ0) is 13.9. The van der Waals surface area contributed by atoms with Gasteiger partial charge in [-0.1, -0.05) is 25.1 Å². The van der Waals surface area contributed by atoms with E-state index in [1.54, 1.807) is 11.1 Å². The molecule has 1 fully saturated rings. The lowest BCUT2D eigenvalue weighted by atomic mass is 10.0. The molecule has 2 aliphatic carbocycles. The minimum absolute atomic E-state index is 0.471. The van der Waals surface area contributed by atoms with Crippen LogP contribution in [0.5, 0.6) is 0 Å². The number of nitrogens with one attached hydrogen (secondary N) is 1. The summed E-state index contributed by atoms with van der Waals surface area (Å²) in [5.74, 6) is 0. The summed E-state index contributed by atoms with van der Waals surface area (Å²) in [4.78, 5) is 2.61. The third-order valence-electron chi connectivity index (χ3n) is 4.94. The molecule has 0 bridgehead atoms. The van der Waals surface area contributed by atoms with Crippen molar-refractivity contribution in [2.24, 2.45) is 0 Å². The Hall–Kier alpha value is -0.860. The molecule has 1 saturated carbocycles. The molecule has 1 aromatic carbocycles. The zero-order valence-electron chi connectivity index (χ0n) is 13.0. The molecular weight excluding hydrogens is 244 g/mol. The van der Waals surface area contributed by atoms with Gasteiger partial charge in [-0.15, -0.1) is 0 Å². The Balaban J connectivity index is 1.50. The first-order valence-corrected chi connectivity index (χ1v) is 8.37. The maximum Gasteiger partial charge on any atom is 0.0292 e. The van der Waals surface area contributed by atoms with Crippen LogP contribution < -0.4 is 5.32 Å². The summed E-state index contributed by atoms with van der Waals surface area (Å²) >= 11 is 0. The second-order valence-electron chi connectivity index (χ2n) is 6.42. The summed E-state index contributed by atoms with van der Waals surface area (Å²) < 4.78 is 0. The molecule has 1 N–H and O–H groups in total. The van der Waals surface area contributed by atoms with Crippen molar-refractivity contribution in [2.75, 3.05) is 19.6 Å². The molecule has 110 valence electrons. The molecule has 0 spiro atoms. The Morgan fingerprint density at radius 2 is 2.05 bits per heavy atom.